The summed E-state index contributed by atoms with van der Waals surface area (Å²) in [4.78, 5) is 10.9. The van der Waals surface area contributed by atoms with E-state index in [9.17, 15) is 18.0 Å². The molecule has 1 aromatic carbocycles. The normalized spacial score (nSPS) is 21.6. The van der Waals surface area contributed by atoms with Crippen LogP contribution in [-0.4, -0.2) is 18.6 Å². The molecular formula is C10H8Cl2F3NO2. The highest BCUT2D eigenvalue weighted by Gasteiger charge is 2.46. The standard InChI is InChI=1S/C10H7ClF3NO2.ClH/c11-6-1-5(2-7(12)3-6)8-10(13,14)4-17-9(16)15-8;/h1-3,8H,4H2,(H,15,16);1H/t8-;/m0./s1. The van der Waals surface area contributed by atoms with Crippen molar-refractivity contribution in [3.05, 3.63) is 34.6 Å². The van der Waals surface area contributed by atoms with Gasteiger partial charge in [-0.1, -0.05) is 11.6 Å². The van der Waals surface area contributed by atoms with Crippen molar-refractivity contribution in [2.24, 2.45) is 0 Å². The van der Waals surface area contributed by atoms with Crippen LogP contribution in [0.2, 0.25) is 5.02 Å². The number of hydrogen-bond acceptors (Lipinski definition) is 2. The van der Waals surface area contributed by atoms with Crippen molar-refractivity contribution in [2.75, 3.05) is 6.61 Å². The number of halogens is 5. The smallest absolute Gasteiger partial charge is 0.408 e. The maximum absolute atomic E-state index is 13.5. The molecule has 0 spiro atoms. The molecular weight excluding hydrogens is 294 g/mol. The van der Waals surface area contributed by atoms with Crippen molar-refractivity contribution in [1.29, 1.82) is 0 Å². The highest BCUT2D eigenvalue weighted by molar-refractivity contribution is 6.30. The number of alkyl carbamates (subject to hydrolysis) is 1. The zero-order valence-electron chi connectivity index (χ0n) is 8.75. The van der Waals surface area contributed by atoms with E-state index in [4.69, 9.17) is 11.6 Å². The summed E-state index contributed by atoms with van der Waals surface area (Å²) in [5.74, 6) is -4.06. The first-order chi connectivity index (χ1) is 7.88. The molecule has 1 heterocycles. The van der Waals surface area contributed by atoms with E-state index in [1.807, 2.05) is 5.32 Å². The van der Waals surface area contributed by atoms with E-state index in [0.717, 1.165) is 12.1 Å². The number of ether oxygens (including phenoxy) is 1. The SMILES string of the molecule is Cl.O=C1N[C@@H](c2cc(F)cc(Cl)c2)C(F)(F)CO1. The molecule has 18 heavy (non-hydrogen) atoms. The van der Waals surface area contributed by atoms with Gasteiger partial charge in [0.1, 0.15) is 11.9 Å². The number of amides is 1. The van der Waals surface area contributed by atoms with Gasteiger partial charge in [0.15, 0.2) is 6.61 Å². The second-order valence-electron chi connectivity index (χ2n) is 3.62. The van der Waals surface area contributed by atoms with Crippen LogP contribution in [0.25, 0.3) is 0 Å². The molecule has 1 aliphatic heterocycles. The number of hydrogen-bond donors (Lipinski definition) is 1. The van der Waals surface area contributed by atoms with Crippen LogP contribution < -0.4 is 5.32 Å². The second-order valence-corrected chi connectivity index (χ2v) is 4.05. The maximum Gasteiger partial charge on any atom is 0.408 e. The monoisotopic (exact) mass is 301 g/mol. The fourth-order valence-electron chi connectivity index (χ4n) is 1.58. The first-order valence-electron chi connectivity index (χ1n) is 4.65. The van der Waals surface area contributed by atoms with Gasteiger partial charge in [-0.3, -0.25) is 0 Å². The number of rotatable bonds is 1. The average Bonchev–Trinajstić information content (AvgIpc) is 2.20. The Morgan fingerprint density at radius 1 is 1.39 bits per heavy atom. The lowest BCUT2D eigenvalue weighted by molar-refractivity contribution is -0.104. The van der Waals surface area contributed by atoms with E-state index in [1.165, 1.54) is 6.07 Å². The van der Waals surface area contributed by atoms with E-state index in [-0.39, 0.29) is 23.0 Å². The minimum absolute atomic E-state index is 0. The molecule has 0 unspecified atom stereocenters. The van der Waals surface area contributed by atoms with Gasteiger partial charge in [-0.05, 0) is 23.8 Å². The molecule has 0 radical (unpaired) electrons. The highest BCUT2D eigenvalue weighted by Crippen LogP contribution is 2.35. The number of alkyl halides is 2. The van der Waals surface area contributed by atoms with Gasteiger partial charge in [-0.25, -0.2) is 18.0 Å². The summed E-state index contributed by atoms with van der Waals surface area (Å²) >= 11 is 5.57. The van der Waals surface area contributed by atoms with Crippen LogP contribution >= 0.6 is 24.0 Å². The average molecular weight is 302 g/mol. The fourth-order valence-corrected chi connectivity index (χ4v) is 1.81. The van der Waals surface area contributed by atoms with Crippen LogP contribution in [0, 0.1) is 5.82 Å². The van der Waals surface area contributed by atoms with Gasteiger partial charge in [0.25, 0.3) is 0 Å². The summed E-state index contributed by atoms with van der Waals surface area (Å²) < 4.78 is 44.2. The van der Waals surface area contributed by atoms with E-state index >= 15 is 0 Å². The first kappa shape index (κ1) is 14.9. The Hall–Kier alpha value is -1.14. The van der Waals surface area contributed by atoms with Gasteiger partial charge in [-0.15, -0.1) is 12.4 Å². The van der Waals surface area contributed by atoms with E-state index in [0.29, 0.717) is 0 Å². The van der Waals surface area contributed by atoms with Crippen LogP contribution in [-0.2, 0) is 4.74 Å². The van der Waals surface area contributed by atoms with Crippen LogP contribution in [0.1, 0.15) is 11.6 Å². The fraction of sp³-hybridized carbons (Fsp3) is 0.300. The van der Waals surface area contributed by atoms with E-state index in [1.54, 1.807) is 0 Å². The molecule has 1 amide bonds. The van der Waals surface area contributed by atoms with Gasteiger partial charge >= 0.3 is 12.0 Å². The Labute approximate surface area is 112 Å². The molecule has 1 fully saturated rings. The summed E-state index contributed by atoms with van der Waals surface area (Å²) in [5, 5.41) is 1.92. The van der Waals surface area contributed by atoms with Crippen LogP contribution in [0.4, 0.5) is 18.0 Å². The van der Waals surface area contributed by atoms with Gasteiger partial charge in [0.2, 0.25) is 0 Å². The summed E-state index contributed by atoms with van der Waals surface area (Å²) in [6.45, 7) is -1.04. The molecule has 2 rings (SSSR count). The first-order valence-corrected chi connectivity index (χ1v) is 5.03. The van der Waals surface area contributed by atoms with Crippen molar-refractivity contribution in [3.8, 4) is 0 Å². The molecule has 0 saturated carbocycles. The molecule has 1 atom stereocenters. The maximum atomic E-state index is 13.5. The third-order valence-corrected chi connectivity index (χ3v) is 2.52. The lowest BCUT2D eigenvalue weighted by Crippen LogP contribution is -2.49. The van der Waals surface area contributed by atoms with Gasteiger partial charge in [0, 0.05) is 5.02 Å². The lowest BCUT2D eigenvalue weighted by atomic mass is 10.00. The van der Waals surface area contributed by atoms with Crippen LogP contribution in [0.3, 0.4) is 0 Å². The van der Waals surface area contributed by atoms with Crippen molar-refractivity contribution in [1.82, 2.24) is 5.32 Å². The Kier molecular flexibility index (Phi) is 4.34. The molecule has 0 aliphatic carbocycles. The Morgan fingerprint density at radius 3 is 2.67 bits per heavy atom. The summed E-state index contributed by atoms with van der Waals surface area (Å²) in [6, 6.07) is 1.42. The van der Waals surface area contributed by atoms with Crippen LogP contribution in [0.15, 0.2) is 18.2 Å². The number of nitrogens with one attached hydrogen (secondary N) is 1. The quantitative estimate of drug-likeness (QED) is 0.864. The zero-order chi connectivity index (χ0) is 12.6. The minimum atomic E-state index is -3.31. The van der Waals surface area contributed by atoms with Gasteiger partial charge < -0.3 is 10.1 Å². The van der Waals surface area contributed by atoms with Crippen LogP contribution in [0.5, 0.6) is 0 Å². The molecule has 100 valence electrons. The predicted molar refractivity (Wildman–Crippen MR) is 60.8 cm³/mol. The Bertz CT molecular complexity index is 450. The topological polar surface area (TPSA) is 38.3 Å². The summed E-state index contributed by atoms with van der Waals surface area (Å²) in [7, 11) is 0. The molecule has 1 aliphatic rings. The Morgan fingerprint density at radius 2 is 2.06 bits per heavy atom. The lowest BCUT2D eigenvalue weighted by Gasteiger charge is -2.31. The van der Waals surface area contributed by atoms with Crippen molar-refractivity contribution < 1.29 is 22.7 Å². The molecule has 3 nitrogen and oxygen atoms in total. The van der Waals surface area contributed by atoms with Crippen molar-refractivity contribution >= 4 is 30.1 Å². The van der Waals surface area contributed by atoms with E-state index < -0.39 is 30.5 Å². The minimum Gasteiger partial charge on any atom is -0.443 e. The number of cyclic esters (lactones) is 1. The number of benzene rings is 1. The van der Waals surface area contributed by atoms with Gasteiger partial charge in [0.05, 0.1) is 0 Å². The van der Waals surface area contributed by atoms with Crippen molar-refractivity contribution in [2.45, 2.75) is 12.0 Å². The molecule has 1 aromatic rings. The van der Waals surface area contributed by atoms with Crippen molar-refractivity contribution in [3.63, 3.8) is 0 Å². The summed E-state index contributed by atoms with van der Waals surface area (Å²) in [6.07, 6.45) is -0.971. The molecule has 0 aromatic heterocycles. The van der Waals surface area contributed by atoms with E-state index in [2.05, 4.69) is 4.74 Å². The zero-order valence-corrected chi connectivity index (χ0v) is 10.3. The molecule has 1 saturated heterocycles. The summed E-state index contributed by atoms with van der Waals surface area (Å²) in [5.41, 5.74) is -0.100. The predicted octanol–water partition coefficient (Wildman–Crippen LogP) is 3.32. The molecule has 1 N–H and O–H groups in total. The Balaban J connectivity index is 0.00000162. The third-order valence-electron chi connectivity index (χ3n) is 2.30. The van der Waals surface area contributed by atoms with Gasteiger partial charge in [-0.2, -0.15) is 0 Å². The third kappa shape index (κ3) is 3.00. The largest absolute Gasteiger partial charge is 0.443 e. The molecule has 8 heteroatoms. The molecule has 0 bridgehead atoms. The highest BCUT2D eigenvalue weighted by atomic mass is 35.5. The number of carbonyl (C=O) groups is 1. The number of carbonyl (C=O) groups excluding carboxylic acids is 1. The second kappa shape index (κ2) is 5.24.